The molecule has 0 aliphatic heterocycles. The van der Waals surface area contributed by atoms with Crippen LogP contribution in [0.1, 0.15) is 33.5 Å². The first-order valence-electron chi connectivity index (χ1n) is 6.26. The lowest BCUT2D eigenvalue weighted by Gasteiger charge is -2.08. The maximum atomic E-state index is 12.0. The Bertz CT molecular complexity index is 555. The molecule has 110 valence electrons. The number of carbonyl (C=O) groups is 1. The minimum atomic E-state index is -0.945. The summed E-state index contributed by atoms with van der Waals surface area (Å²) >= 11 is 1.33. The van der Waals surface area contributed by atoms with Gasteiger partial charge in [0.15, 0.2) is 0 Å². The van der Waals surface area contributed by atoms with E-state index in [0.717, 1.165) is 10.4 Å². The van der Waals surface area contributed by atoms with Crippen LogP contribution in [0.5, 0.6) is 0 Å². The number of thiophene rings is 1. The molecule has 1 amide bonds. The first-order valence-corrected chi connectivity index (χ1v) is 8.70. The van der Waals surface area contributed by atoms with E-state index in [2.05, 4.69) is 17.2 Å². The quantitative estimate of drug-likeness (QED) is 0.805. The van der Waals surface area contributed by atoms with Gasteiger partial charge in [0.05, 0.1) is 16.4 Å². The molecule has 0 saturated heterocycles. The van der Waals surface area contributed by atoms with Crippen molar-refractivity contribution in [2.75, 3.05) is 19.4 Å². The second-order valence-electron chi connectivity index (χ2n) is 4.42. The summed E-state index contributed by atoms with van der Waals surface area (Å²) in [6, 6.07) is 1.80. The van der Waals surface area contributed by atoms with Crippen LogP contribution in [0.2, 0.25) is 0 Å². The summed E-state index contributed by atoms with van der Waals surface area (Å²) in [5.74, 6) is 5.64. The molecule has 1 rings (SSSR count). The molecule has 0 aliphatic rings. The van der Waals surface area contributed by atoms with Crippen LogP contribution in [0.15, 0.2) is 6.07 Å². The third-order valence-electron chi connectivity index (χ3n) is 2.70. The fourth-order valence-corrected chi connectivity index (χ4v) is 2.64. The van der Waals surface area contributed by atoms with E-state index in [9.17, 15) is 9.00 Å². The highest BCUT2D eigenvalue weighted by molar-refractivity contribution is 7.84. The topological polar surface area (TPSA) is 66.4 Å². The number of aryl methyl sites for hydroxylation is 1. The van der Waals surface area contributed by atoms with E-state index < -0.39 is 10.8 Å². The lowest BCUT2D eigenvalue weighted by atomic mass is 10.2. The predicted octanol–water partition coefficient (Wildman–Crippen LogP) is 1.29. The van der Waals surface area contributed by atoms with Crippen LogP contribution >= 0.6 is 11.3 Å². The van der Waals surface area contributed by atoms with Gasteiger partial charge in [0.25, 0.3) is 5.91 Å². The fourth-order valence-electron chi connectivity index (χ4n) is 1.36. The zero-order chi connectivity index (χ0) is 15.1. The Balaban J connectivity index is 2.68. The molecule has 0 fully saturated rings. The maximum Gasteiger partial charge on any atom is 0.261 e. The van der Waals surface area contributed by atoms with Crippen molar-refractivity contribution < 1.29 is 14.1 Å². The van der Waals surface area contributed by atoms with Crippen LogP contribution < -0.4 is 5.32 Å². The molecule has 1 aromatic rings. The second kappa shape index (κ2) is 8.20. The second-order valence-corrected chi connectivity index (χ2v) is 7.27. The van der Waals surface area contributed by atoms with Gasteiger partial charge < -0.3 is 10.4 Å². The summed E-state index contributed by atoms with van der Waals surface area (Å²) in [5.41, 5.74) is 0.956. The summed E-state index contributed by atoms with van der Waals surface area (Å²) in [7, 11) is -0.945. The number of hydrogen-bond donors (Lipinski definition) is 2. The van der Waals surface area contributed by atoms with Crippen molar-refractivity contribution in [1.29, 1.82) is 0 Å². The fraction of sp³-hybridized carbons (Fsp3) is 0.500. The molecule has 0 spiro atoms. The number of rotatable bonds is 5. The minimum absolute atomic E-state index is 0.0385. The van der Waals surface area contributed by atoms with Gasteiger partial charge in [0.2, 0.25) is 0 Å². The first kappa shape index (κ1) is 16.9. The van der Waals surface area contributed by atoms with Crippen LogP contribution in [-0.2, 0) is 10.8 Å². The van der Waals surface area contributed by atoms with Crippen LogP contribution in [0, 0.1) is 18.8 Å². The van der Waals surface area contributed by atoms with E-state index in [4.69, 9.17) is 5.11 Å². The normalized spacial score (nSPS) is 13.2. The van der Waals surface area contributed by atoms with E-state index in [1.54, 1.807) is 12.3 Å². The van der Waals surface area contributed by atoms with E-state index in [-0.39, 0.29) is 17.8 Å². The number of nitrogens with one attached hydrogen (secondary N) is 1. The molecule has 4 nitrogen and oxygen atoms in total. The monoisotopic (exact) mass is 313 g/mol. The largest absolute Gasteiger partial charge is 0.395 e. The van der Waals surface area contributed by atoms with Gasteiger partial charge in [-0.2, -0.15) is 0 Å². The summed E-state index contributed by atoms with van der Waals surface area (Å²) < 4.78 is 11.2. The Hall–Kier alpha value is -1.16. The van der Waals surface area contributed by atoms with Gasteiger partial charge in [-0.1, -0.05) is 11.8 Å². The van der Waals surface area contributed by atoms with Gasteiger partial charge >= 0.3 is 0 Å². The van der Waals surface area contributed by atoms with Gasteiger partial charge in [-0.05, 0) is 25.5 Å². The number of carbonyl (C=O) groups excluding carboxylic acids is 1. The molecule has 20 heavy (non-hydrogen) atoms. The smallest absolute Gasteiger partial charge is 0.261 e. The predicted molar refractivity (Wildman–Crippen MR) is 83.5 cm³/mol. The Kier molecular flexibility index (Phi) is 6.93. The molecule has 1 aromatic heterocycles. The summed E-state index contributed by atoms with van der Waals surface area (Å²) in [6.07, 6.45) is 2.06. The summed E-state index contributed by atoms with van der Waals surface area (Å²) in [4.78, 5) is 13.4. The van der Waals surface area contributed by atoms with Gasteiger partial charge in [-0.3, -0.25) is 9.00 Å². The van der Waals surface area contributed by atoms with E-state index >= 15 is 0 Å². The SMILES string of the molecule is Cc1cc(C(=O)NCC(C)S(C)=O)sc1C#CCCO. The molecule has 6 heteroatoms. The molecule has 0 bridgehead atoms. The Morgan fingerprint density at radius 2 is 2.30 bits per heavy atom. The van der Waals surface area contributed by atoms with Crippen molar-refractivity contribution in [3.63, 3.8) is 0 Å². The Labute approximate surface area is 126 Å². The van der Waals surface area contributed by atoms with Gasteiger partial charge in [0, 0.05) is 35.3 Å². The van der Waals surface area contributed by atoms with Crippen molar-refractivity contribution in [2.24, 2.45) is 0 Å². The van der Waals surface area contributed by atoms with Gasteiger partial charge in [0.1, 0.15) is 0 Å². The summed E-state index contributed by atoms with van der Waals surface area (Å²) in [6.45, 7) is 4.17. The van der Waals surface area contributed by atoms with Crippen LogP contribution in [0.4, 0.5) is 0 Å². The van der Waals surface area contributed by atoms with Crippen LogP contribution in [0.25, 0.3) is 0 Å². The third-order valence-corrected chi connectivity index (χ3v) is 5.15. The molecule has 0 aromatic carbocycles. The zero-order valence-corrected chi connectivity index (χ0v) is 13.5. The number of hydrogen-bond acceptors (Lipinski definition) is 4. The maximum absolute atomic E-state index is 12.0. The van der Waals surface area contributed by atoms with E-state index in [0.29, 0.717) is 17.8 Å². The standard InChI is InChI=1S/C14H19NO3S2/c1-10-8-13(19-12(10)6-4-5-7-16)14(17)15-9-11(2)20(3)18/h8,11,16H,5,7,9H2,1-3H3,(H,15,17). The molecule has 0 saturated carbocycles. The summed E-state index contributed by atoms with van der Waals surface area (Å²) in [5, 5.41) is 11.4. The Morgan fingerprint density at radius 1 is 1.60 bits per heavy atom. The molecular formula is C14H19NO3S2. The lowest BCUT2D eigenvalue weighted by molar-refractivity contribution is 0.0958. The molecule has 2 unspecified atom stereocenters. The van der Waals surface area contributed by atoms with Crippen molar-refractivity contribution in [2.45, 2.75) is 25.5 Å². The lowest BCUT2D eigenvalue weighted by Crippen LogP contribution is -2.32. The van der Waals surface area contributed by atoms with E-state index in [1.807, 2.05) is 13.8 Å². The van der Waals surface area contributed by atoms with Crippen LogP contribution in [0.3, 0.4) is 0 Å². The molecule has 2 atom stereocenters. The van der Waals surface area contributed by atoms with Gasteiger partial charge in [-0.25, -0.2) is 0 Å². The number of amides is 1. The molecule has 1 heterocycles. The van der Waals surface area contributed by atoms with Crippen molar-refractivity contribution in [3.8, 4) is 11.8 Å². The van der Waals surface area contributed by atoms with Crippen LogP contribution in [-0.4, -0.2) is 39.9 Å². The zero-order valence-electron chi connectivity index (χ0n) is 11.9. The minimum Gasteiger partial charge on any atom is -0.395 e. The van der Waals surface area contributed by atoms with Gasteiger partial charge in [-0.15, -0.1) is 11.3 Å². The molecule has 2 N–H and O–H groups in total. The molecule has 0 aliphatic carbocycles. The third kappa shape index (κ3) is 5.08. The average molecular weight is 313 g/mol. The van der Waals surface area contributed by atoms with Crippen molar-refractivity contribution in [3.05, 3.63) is 21.4 Å². The highest BCUT2D eigenvalue weighted by Crippen LogP contribution is 2.20. The molecular weight excluding hydrogens is 294 g/mol. The van der Waals surface area contributed by atoms with Crippen molar-refractivity contribution in [1.82, 2.24) is 5.32 Å². The number of aliphatic hydroxyl groups is 1. The van der Waals surface area contributed by atoms with E-state index in [1.165, 1.54) is 11.3 Å². The highest BCUT2D eigenvalue weighted by atomic mass is 32.2. The Morgan fingerprint density at radius 3 is 2.90 bits per heavy atom. The molecule has 0 radical (unpaired) electrons. The highest BCUT2D eigenvalue weighted by Gasteiger charge is 2.13. The average Bonchev–Trinajstić information content (AvgIpc) is 2.77. The number of aliphatic hydroxyl groups excluding tert-OH is 1. The first-order chi connectivity index (χ1) is 9.45. The van der Waals surface area contributed by atoms with Crippen molar-refractivity contribution >= 4 is 28.0 Å².